The number of aromatic nitrogens is 2. The van der Waals surface area contributed by atoms with Crippen molar-refractivity contribution in [3.8, 4) is 5.75 Å². The smallest absolute Gasteiger partial charge is 0.280 e. The number of hydrogen-bond donors (Lipinski definition) is 2. The Morgan fingerprint density at radius 2 is 2.03 bits per heavy atom. The molecule has 0 bridgehead atoms. The van der Waals surface area contributed by atoms with E-state index in [0.29, 0.717) is 18.9 Å². The van der Waals surface area contributed by atoms with Gasteiger partial charge in [-0.1, -0.05) is 6.92 Å². The summed E-state index contributed by atoms with van der Waals surface area (Å²) in [5, 5.41) is 3.32. The standard InChI is InChI=1S/C21H31N5O5S/c1-14-9-22-15(2)12-31-18-7-6-16(24-32(28,29)20-11-25(3)13-23-20)8-17(18)21(27)26(4)10-19(14)30-5/h6-8,11,13-15,19,22,24H,9-10,12H2,1-5H3/t14-,15+,19+/m1/s1. The van der Waals surface area contributed by atoms with Gasteiger partial charge >= 0.3 is 0 Å². The van der Waals surface area contributed by atoms with Crippen LogP contribution < -0.4 is 14.8 Å². The van der Waals surface area contributed by atoms with Gasteiger partial charge in [0.2, 0.25) is 0 Å². The van der Waals surface area contributed by atoms with Crippen molar-refractivity contribution < 1.29 is 22.7 Å². The van der Waals surface area contributed by atoms with Crippen molar-refractivity contribution in [2.45, 2.75) is 31.0 Å². The van der Waals surface area contributed by atoms with Gasteiger partial charge in [0.1, 0.15) is 12.4 Å². The minimum atomic E-state index is -3.90. The molecule has 11 heteroatoms. The minimum absolute atomic E-state index is 0.0531. The zero-order valence-corrected chi connectivity index (χ0v) is 19.8. The molecule has 1 aromatic heterocycles. The molecule has 0 aliphatic carbocycles. The third-order valence-corrected chi connectivity index (χ3v) is 6.70. The van der Waals surface area contributed by atoms with Crippen LogP contribution in [0.5, 0.6) is 5.75 Å². The van der Waals surface area contributed by atoms with Gasteiger partial charge in [-0.15, -0.1) is 0 Å². The van der Waals surface area contributed by atoms with Crippen LogP contribution in [0.1, 0.15) is 24.2 Å². The van der Waals surface area contributed by atoms with E-state index in [4.69, 9.17) is 9.47 Å². The lowest BCUT2D eigenvalue weighted by Crippen LogP contribution is -2.44. The van der Waals surface area contributed by atoms with Crippen molar-refractivity contribution in [3.05, 3.63) is 36.3 Å². The third kappa shape index (κ3) is 5.59. The number of benzene rings is 1. The normalized spacial score (nSPS) is 23.0. The van der Waals surface area contributed by atoms with Gasteiger partial charge in [-0.25, -0.2) is 4.98 Å². The van der Waals surface area contributed by atoms with Crippen molar-refractivity contribution >= 4 is 21.6 Å². The highest BCUT2D eigenvalue weighted by molar-refractivity contribution is 7.92. The molecule has 2 aromatic rings. The van der Waals surface area contributed by atoms with E-state index in [9.17, 15) is 13.2 Å². The van der Waals surface area contributed by atoms with Gasteiger partial charge in [0.05, 0.1) is 18.0 Å². The van der Waals surface area contributed by atoms with Gasteiger partial charge in [0.25, 0.3) is 15.9 Å². The van der Waals surface area contributed by atoms with E-state index in [-0.39, 0.29) is 40.2 Å². The fourth-order valence-corrected chi connectivity index (χ4v) is 4.49. The lowest BCUT2D eigenvalue weighted by Gasteiger charge is -2.30. The topological polar surface area (TPSA) is 115 Å². The number of rotatable bonds is 4. The SMILES string of the molecule is CO[C@H]1CN(C)C(=O)c2cc(NS(=O)(=O)c3cn(C)cn3)ccc2OC[C@H](C)NC[C@H]1C. The number of amides is 1. The zero-order chi connectivity index (χ0) is 23.5. The first-order valence-corrected chi connectivity index (χ1v) is 11.9. The van der Waals surface area contributed by atoms with Crippen LogP contribution in [0.4, 0.5) is 5.69 Å². The molecule has 1 aliphatic rings. The number of imidazole rings is 1. The maximum absolute atomic E-state index is 13.3. The Bertz CT molecular complexity index is 1050. The second-order valence-electron chi connectivity index (χ2n) is 8.25. The van der Waals surface area contributed by atoms with E-state index in [1.54, 1.807) is 42.8 Å². The van der Waals surface area contributed by atoms with Crippen molar-refractivity contribution in [1.29, 1.82) is 0 Å². The maximum Gasteiger partial charge on any atom is 0.280 e. The van der Waals surface area contributed by atoms with Gasteiger partial charge < -0.3 is 24.3 Å². The monoisotopic (exact) mass is 465 g/mol. The van der Waals surface area contributed by atoms with Gasteiger partial charge in [-0.2, -0.15) is 8.42 Å². The predicted octanol–water partition coefficient (Wildman–Crippen LogP) is 1.31. The highest BCUT2D eigenvalue weighted by atomic mass is 32.2. The zero-order valence-electron chi connectivity index (χ0n) is 19.0. The first kappa shape index (κ1) is 24.0. The molecule has 0 fully saturated rings. The quantitative estimate of drug-likeness (QED) is 0.700. The molecular formula is C21H31N5O5S. The van der Waals surface area contributed by atoms with E-state index in [2.05, 4.69) is 21.9 Å². The van der Waals surface area contributed by atoms with E-state index < -0.39 is 10.0 Å². The van der Waals surface area contributed by atoms with Crippen LogP contribution in [0, 0.1) is 5.92 Å². The van der Waals surface area contributed by atoms with Crippen LogP contribution in [-0.2, 0) is 21.8 Å². The predicted molar refractivity (Wildman–Crippen MR) is 120 cm³/mol. The van der Waals surface area contributed by atoms with Gasteiger partial charge in [-0.05, 0) is 31.0 Å². The Balaban J connectivity index is 1.93. The minimum Gasteiger partial charge on any atom is -0.491 e. The Morgan fingerprint density at radius 1 is 1.28 bits per heavy atom. The van der Waals surface area contributed by atoms with Crippen LogP contribution in [0.15, 0.2) is 35.7 Å². The summed E-state index contributed by atoms with van der Waals surface area (Å²) >= 11 is 0. The lowest BCUT2D eigenvalue weighted by atomic mass is 10.0. The Hall–Kier alpha value is -2.63. The number of sulfonamides is 1. The summed E-state index contributed by atoms with van der Waals surface area (Å²) in [5.41, 5.74) is 0.513. The van der Waals surface area contributed by atoms with Crippen LogP contribution in [0.3, 0.4) is 0 Å². The molecule has 0 unspecified atom stereocenters. The summed E-state index contributed by atoms with van der Waals surface area (Å²) in [6.07, 6.45) is 2.65. The summed E-state index contributed by atoms with van der Waals surface area (Å²) < 4.78 is 40.9. The molecule has 0 spiro atoms. The second kappa shape index (κ2) is 9.88. The molecule has 176 valence electrons. The molecule has 2 N–H and O–H groups in total. The van der Waals surface area contributed by atoms with Crippen molar-refractivity contribution in [3.63, 3.8) is 0 Å². The Morgan fingerprint density at radius 3 is 2.69 bits per heavy atom. The number of aryl methyl sites for hydroxylation is 1. The number of nitrogens with zero attached hydrogens (tertiary/aromatic N) is 3. The van der Waals surface area contributed by atoms with Gasteiger partial charge in [0.15, 0.2) is 5.03 Å². The fourth-order valence-electron chi connectivity index (χ4n) is 3.46. The van der Waals surface area contributed by atoms with E-state index in [0.717, 1.165) is 6.54 Å². The molecule has 32 heavy (non-hydrogen) atoms. The molecule has 0 radical (unpaired) electrons. The number of nitrogens with one attached hydrogen (secondary N) is 2. The number of anilines is 1. The summed E-state index contributed by atoms with van der Waals surface area (Å²) in [4.78, 5) is 18.7. The molecular weight excluding hydrogens is 434 g/mol. The van der Waals surface area contributed by atoms with Gasteiger partial charge in [0, 0.05) is 52.2 Å². The molecule has 0 saturated carbocycles. The molecule has 3 atom stereocenters. The number of carbonyl (C=O) groups excluding carboxylic acids is 1. The highest BCUT2D eigenvalue weighted by Gasteiger charge is 2.26. The van der Waals surface area contributed by atoms with Crippen molar-refractivity contribution in [2.24, 2.45) is 13.0 Å². The number of carbonyl (C=O) groups is 1. The lowest BCUT2D eigenvalue weighted by molar-refractivity contribution is 0.0281. The molecule has 1 amide bonds. The van der Waals surface area contributed by atoms with Crippen molar-refractivity contribution in [1.82, 2.24) is 19.8 Å². The Labute approximate surface area is 189 Å². The largest absolute Gasteiger partial charge is 0.491 e. The number of ether oxygens (including phenoxy) is 2. The summed E-state index contributed by atoms with van der Waals surface area (Å²) in [5.74, 6) is 0.279. The van der Waals surface area contributed by atoms with Gasteiger partial charge in [-0.3, -0.25) is 9.52 Å². The molecule has 1 aromatic carbocycles. The van der Waals surface area contributed by atoms with Crippen LogP contribution in [0.25, 0.3) is 0 Å². The first-order valence-electron chi connectivity index (χ1n) is 10.4. The van der Waals surface area contributed by atoms with Crippen LogP contribution in [0.2, 0.25) is 0 Å². The van der Waals surface area contributed by atoms with E-state index in [1.807, 2.05) is 6.92 Å². The number of hydrogen-bond acceptors (Lipinski definition) is 7. The fraction of sp³-hybridized carbons (Fsp3) is 0.524. The van der Waals surface area contributed by atoms with Crippen molar-refractivity contribution in [2.75, 3.05) is 38.6 Å². The average molecular weight is 466 g/mol. The molecule has 0 saturated heterocycles. The summed E-state index contributed by atoms with van der Waals surface area (Å²) in [6.45, 7) is 5.54. The number of methoxy groups -OCH3 is 1. The maximum atomic E-state index is 13.3. The van der Waals surface area contributed by atoms with Crippen LogP contribution >= 0.6 is 0 Å². The van der Waals surface area contributed by atoms with E-state index in [1.165, 1.54) is 18.6 Å². The van der Waals surface area contributed by atoms with Crippen LogP contribution in [-0.4, -0.2) is 74.8 Å². The number of fused-ring (bicyclic) bond motifs is 1. The highest BCUT2D eigenvalue weighted by Crippen LogP contribution is 2.27. The summed E-state index contributed by atoms with van der Waals surface area (Å²) in [7, 11) is 1.11. The molecule has 2 heterocycles. The first-order chi connectivity index (χ1) is 15.1. The average Bonchev–Trinajstić information content (AvgIpc) is 3.20. The third-order valence-electron chi connectivity index (χ3n) is 5.43. The summed E-state index contributed by atoms with van der Waals surface area (Å²) in [6, 6.07) is 4.71. The molecule has 3 rings (SSSR count). The second-order valence-corrected chi connectivity index (χ2v) is 9.88. The molecule has 10 nitrogen and oxygen atoms in total. The Kier molecular flexibility index (Phi) is 7.42. The molecule has 1 aliphatic heterocycles. The van der Waals surface area contributed by atoms with E-state index >= 15 is 0 Å². The number of likely N-dealkylation sites (N-methyl/N-ethyl adjacent to an activating group) is 1.